The molecule has 0 amide bonds. The van der Waals surface area contributed by atoms with Crippen LogP contribution >= 0.6 is 28.1 Å². The first-order valence-electron chi connectivity index (χ1n) is 10.5. The Hall–Kier alpha value is 0.125. The molecule has 5 nitrogen and oxygen atoms in total. The average Bonchev–Trinajstić information content (AvgIpc) is 2.62. The molecule has 8 heteroatoms. The number of hydrogen-bond acceptors (Lipinski definition) is 4. The maximum atomic E-state index is 11.4. The van der Waals surface area contributed by atoms with Crippen molar-refractivity contribution in [3.8, 4) is 0 Å². The molecule has 196 valence electrons. The number of carbonyl (C=O) groups excluding carboxylic acids is 1. The molecule has 1 atom stereocenters. The molecule has 1 unspecified atom stereocenters. The third-order valence-corrected chi connectivity index (χ3v) is 4.73. The number of halogens is 1. The van der Waals surface area contributed by atoms with Gasteiger partial charge in [0.15, 0.2) is 0 Å². The third kappa shape index (κ3) is 34.7. The normalized spacial score (nSPS) is 10.8. The summed E-state index contributed by atoms with van der Waals surface area (Å²) in [5.41, 5.74) is -0.341. The van der Waals surface area contributed by atoms with E-state index in [1.54, 1.807) is 13.8 Å². The standard InChI is InChI=1S/C10H21NO2.C6H12O2.C6H14.2CH4.BHIP/c1-6-10(2,3)9(12)13-8-7-11(4)5;1-4-6(2,3)5(7)8;1-5-6(2,3)4;;;1-3-2/h6-8H2,1-5H3;4H2,1-3H3,(H,7,8);5H2,1-4H3;2*1H4;3H. The van der Waals surface area contributed by atoms with Crippen LogP contribution in [0.15, 0.2) is 0 Å². The number of hydrogen-bond donors (Lipinski definition) is 1. The Morgan fingerprint density at radius 3 is 1.38 bits per heavy atom. The molecule has 0 saturated carbocycles. The first-order chi connectivity index (χ1) is 13.4. The van der Waals surface area contributed by atoms with Crippen molar-refractivity contribution in [3.05, 3.63) is 0 Å². The van der Waals surface area contributed by atoms with Gasteiger partial charge in [-0.15, -0.1) is 6.10 Å². The van der Waals surface area contributed by atoms with Gasteiger partial charge in [0.25, 0.3) is 0 Å². The van der Waals surface area contributed by atoms with E-state index in [1.807, 2.05) is 46.7 Å². The molecule has 0 saturated heterocycles. The number of carbonyl (C=O) groups is 2. The van der Waals surface area contributed by atoms with Gasteiger partial charge in [-0.3, -0.25) is 9.59 Å². The molecule has 0 aliphatic carbocycles. The number of carboxylic acid groups (broad SMARTS) is 1. The second-order valence-corrected chi connectivity index (χ2v) is 11.8. The van der Waals surface area contributed by atoms with E-state index in [4.69, 9.17) is 17.4 Å². The molecule has 0 rings (SSSR count). The molecule has 0 aromatic carbocycles. The molecule has 1 N–H and O–H groups in total. The molecule has 0 aliphatic heterocycles. The van der Waals surface area contributed by atoms with E-state index in [1.165, 1.54) is 6.42 Å². The summed E-state index contributed by atoms with van der Waals surface area (Å²) in [6, 6.07) is 0. The van der Waals surface area contributed by atoms with Crippen LogP contribution in [0.3, 0.4) is 0 Å². The minimum absolute atomic E-state index is 0. The predicted molar refractivity (Wildman–Crippen MR) is 157 cm³/mol. The van der Waals surface area contributed by atoms with Gasteiger partial charge in [-0.2, -0.15) is 0 Å². The summed E-state index contributed by atoms with van der Waals surface area (Å²) in [4.78, 5) is 23.7. The van der Waals surface area contributed by atoms with Crippen LogP contribution in [0.5, 0.6) is 0 Å². The van der Waals surface area contributed by atoms with Gasteiger partial charge in [-0.1, -0.05) is 84.9 Å². The summed E-state index contributed by atoms with van der Waals surface area (Å²) in [5.74, 6) is -0.822. The fourth-order valence-electron chi connectivity index (χ4n) is 0.812. The monoisotopic (exact) mass is 591 g/mol. The van der Waals surface area contributed by atoms with Gasteiger partial charge < -0.3 is 14.7 Å². The van der Waals surface area contributed by atoms with Crippen LogP contribution in [0.4, 0.5) is 0 Å². The number of nitrogens with zero attached hydrogens (tertiary/aromatic N) is 1. The minimum atomic E-state index is -0.722. The van der Waals surface area contributed by atoms with E-state index >= 15 is 0 Å². The fraction of sp³-hybridized carbons (Fsp3) is 0.917. The highest BCUT2D eigenvalue weighted by molar-refractivity contribution is 14.2. The number of ether oxygens (including phenoxy) is 1. The van der Waals surface area contributed by atoms with Crippen LogP contribution in [0.1, 0.15) is 103 Å². The maximum absolute atomic E-state index is 11.4. The summed E-state index contributed by atoms with van der Waals surface area (Å²) in [7, 11) is 8.78. The van der Waals surface area contributed by atoms with Crippen LogP contribution in [-0.4, -0.2) is 56.8 Å². The van der Waals surface area contributed by atoms with E-state index < -0.39 is 11.4 Å². The van der Waals surface area contributed by atoms with E-state index in [2.05, 4.69) is 49.7 Å². The molecular weight excluding hydrogens is 535 g/mol. The van der Waals surface area contributed by atoms with Crippen molar-refractivity contribution in [1.29, 1.82) is 0 Å². The molecule has 0 aromatic heterocycles. The molecule has 2 radical (unpaired) electrons. The van der Waals surface area contributed by atoms with Crippen molar-refractivity contribution in [2.45, 2.75) is 103 Å². The Balaban J connectivity index is -0.0000000770. The zero-order valence-electron chi connectivity index (χ0n) is 21.6. The number of rotatable bonds is 7. The summed E-state index contributed by atoms with van der Waals surface area (Å²) < 4.78 is 5.13. The average molecular weight is 591 g/mol. The summed E-state index contributed by atoms with van der Waals surface area (Å²) in [5, 5.41) is 8.44. The lowest BCUT2D eigenvalue weighted by molar-refractivity contribution is -0.154. The van der Waals surface area contributed by atoms with E-state index in [9.17, 15) is 9.59 Å². The predicted octanol–water partition coefficient (Wildman–Crippen LogP) is 7.85. The van der Waals surface area contributed by atoms with Crippen LogP contribution < -0.4 is 0 Å². The largest absolute Gasteiger partial charge is 0.481 e. The van der Waals surface area contributed by atoms with Crippen LogP contribution in [0, 0.1) is 16.2 Å². The third-order valence-electron chi connectivity index (χ3n) is 4.73. The van der Waals surface area contributed by atoms with Crippen molar-refractivity contribution in [2.75, 3.05) is 27.2 Å². The van der Waals surface area contributed by atoms with Crippen molar-refractivity contribution >= 4 is 47.6 Å². The molecule has 32 heavy (non-hydrogen) atoms. The first kappa shape index (κ1) is 45.6. The lowest BCUT2D eigenvalue weighted by Gasteiger charge is -2.20. The van der Waals surface area contributed by atoms with Gasteiger partial charge >= 0.3 is 11.9 Å². The number of aliphatic carboxylic acids is 1. The summed E-state index contributed by atoms with van der Waals surface area (Å²) >= 11 is 2.09. The zero-order valence-corrected chi connectivity index (χ0v) is 24.8. The minimum Gasteiger partial charge on any atom is -0.481 e. The van der Waals surface area contributed by atoms with Crippen LogP contribution in [-0.2, 0) is 14.3 Å². The quantitative estimate of drug-likeness (QED) is 0.141. The van der Waals surface area contributed by atoms with Gasteiger partial charge in [0.2, 0.25) is 0 Å². The Morgan fingerprint density at radius 2 is 1.22 bits per heavy atom. The highest BCUT2D eigenvalue weighted by atomic mass is 127. The van der Waals surface area contributed by atoms with Crippen LogP contribution in [0.2, 0.25) is 0 Å². The lowest BCUT2D eigenvalue weighted by Crippen LogP contribution is -2.28. The molecule has 0 bridgehead atoms. The fourth-order valence-corrected chi connectivity index (χ4v) is 0.812. The Kier molecular flexibility index (Phi) is 34.6. The molecule has 0 aromatic rings. The van der Waals surface area contributed by atoms with Crippen molar-refractivity contribution in [1.82, 2.24) is 4.90 Å². The SMILES string of the molecule is C.C.CCC(C)(C)C.CCC(C)(C)C(=O)O.CCC(C)(C)C(=O)OCCN(C)C.[B]PI. The second kappa shape index (κ2) is 24.3. The number of carboxylic acids is 1. The second-order valence-electron chi connectivity index (χ2n) is 9.74. The van der Waals surface area contributed by atoms with Crippen molar-refractivity contribution in [2.24, 2.45) is 16.2 Å². The van der Waals surface area contributed by atoms with Gasteiger partial charge in [0.1, 0.15) is 14.2 Å². The molecule has 0 fully saturated rings. The highest BCUT2D eigenvalue weighted by Crippen LogP contribution is 2.21. The van der Waals surface area contributed by atoms with Gasteiger partial charge in [-0.05, 0) is 60.0 Å². The van der Waals surface area contributed by atoms with Crippen molar-refractivity contribution in [3.63, 3.8) is 0 Å². The lowest BCUT2D eigenvalue weighted by atomic mass is 9.91. The smallest absolute Gasteiger partial charge is 0.311 e. The zero-order chi connectivity index (χ0) is 25.2. The number of likely N-dealkylation sites (N-methyl/N-ethyl adjacent to an activating group) is 1. The topological polar surface area (TPSA) is 66.8 Å². The molecule has 0 spiro atoms. The summed E-state index contributed by atoms with van der Waals surface area (Å²) in [6.45, 7) is 21.3. The van der Waals surface area contributed by atoms with E-state index in [0.29, 0.717) is 24.5 Å². The molecular formula is C24H56BINO4P. The van der Waals surface area contributed by atoms with E-state index in [-0.39, 0.29) is 26.2 Å². The number of esters is 1. The van der Waals surface area contributed by atoms with E-state index in [0.717, 1.165) is 13.0 Å². The van der Waals surface area contributed by atoms with Gasteiger partial charge in [0, 0.05) is 6.54 Å². The van der Waals surface area contributed by atoms with Crippen LogP contribution in [0.25, 0.3) is 0 Å². The highest BCUT2D eigenvalue weighted by Gasteiger charge is 2.26. The van der Waals surface area contributed by atoms with Gasteiger partial charge in [0.05, 0.1) is 10.8 Å². The van der Waals surface area contributed by atoms with Gasteiger partial charge in [-0.25, -0.2) is 0 Å². The Labute approximate surface area is 218 Å². The molecule has 0 heterocycles. The first-order valence-corrected chi connectivity index (χ1v) is 14.7. The van der Waals surface area contributed by atoms with Crippen molar-refractivity contribution < 1.29 is 19.4 Å². The Morgan fingerprint density at radius 1 is 0.906 bits per heavy atom. The summed E-state index contributed by atoms with van der Waals surface area (Å²) in [6.07, 6.45) is 3.32. The Bertz CT molecular complexity index is 440. The molecule has 0 aliphatic rings. The maximum Gasteiger partial charge on any atom is 0.311 e.